The maximum Gasteiger partial charge on any atom is 0.397 e. The minimum absolute atomic E-state index is 0.155. The van der Waals surface area contributed by atoms with Crippen molar-refractivity contribution in [3.05, 3.63) is 0 Å². The summed E-state index contributed by atoms with van der Waals surface area (Å²) < 4.78 is 38.7. The molecular weight excluding hydrogens is 234 g/mol. The highest BCUT2D eigenvalue weighted by Gasteiger charge is 2.30. The Kier molecular flexibility index (Phi) is 4.69. The van der Waals surface area contributed by atoms with Crippen LogP contribution in [0.1, 0.15) is 19.8 Å². The van der Waals surface area contributed by atoms with Gasteiger partial charge in [0.1, 0.15) is 0 Å². The maximum atomic E-state index is 10.3. The molecule has 0 bridgehead atoms. The second kappa shape index (κ2) is 5.42. The summed E-state index contributed by atoms with van der Waals surface area (Å²) in [6.45, 7) is 3.87. The molecule has 0 aliphatic carbocycles. The third kappa shape index (κ3) is 5.22. The first-order chi connectivity index (χ1) is 7.31. The van der Waals surface area contributed by atoms with Gasteiger partial charge in [-0.05, 0) is 33.4 Å². The van der Waals surface area contributed by atoms with Crippen molar-refractivity contribution in [2.45, 2.75) is 25.4 Å². The highest BCUT2D eigenvalue weighted by atomic mass is 32.3. The molecule has 1 fully saturated rings. The van der Waals surface area contributed by atoms with E-state index in [0.29, 0.717) is 0 Å². The summed E-state index contributed by atoms with van der Waals surface area (Å²) in [6, 6.07) is 0. The van der Waals surface area contributed by atoms with Gasteiger partial charge in [-0.3, -0.25) is 4.55 Å². The van der Waals surface area contributed by atoms with Gasteiger partial charge in [-0.2, -0.15) is 8.42 Å². The van der Waals surface area contributed by atoms with Gasteiger partial charge in [-0.25, -0.2) is 4.18 Å². The van der Waals surface area contributed by atoms with Gasteiger partial charge in [-0.1, -0.05) is 0 Å². The van der Waals surface area contributed by atoms with Crippen molar-refractivity contribution in [1.29, 1.82) is 0 Å². The van der Waals surface area contributed by atoms with Crippen molar-refractivity contribution >= 4 is 10.4 Å². The molecule has 0 unspecified atom stereocenters. The first-order valence-corrected chi connectivity index (χ1v) is 6.62. The molecule has 0 aromatic carbocycles. The molecular formula is C9H19NO5S. The Balaban J connectivity index is 2.26. The molecule has 1 aliphatic rings. The van der Waals surface area contributed by atoms with E-state index in [1.165, 1.54) is 0 Å². The van der Waals surface area contributed by atoms with E-state index in [4.69, 9.17) is 9.29 Å². The third-order valence-electron chi connectivity index (χ3n) is 2.62. The molecule has 1 rings (SSSR count). The van der Waals surface area contributed by atoms with Crippen molar-refractivity contribution in [2.75, 3.05) is 33.4 Å². The maximum absolute atomic E-state index is 10.3. The first kappa shape index (κ1) is 13.9. The molecule has 0 amide bonds. The predicted octanol–water partition coefficient (Wildman–Crippen LogP) is 0.307. The topological polar surface area (TPSA) is 76.1 Å². The number of likely N-dealkylation sites (tertiary alicyclic amines) is 1. The molecule has 1 atom stereocenters. The number of ether oxygens (including phenoxy) is 1. The van der Waals surface area contributed by atoms with E-state index in [9.17, 15) is 8.42 Å². The number of likely N-dealkylation sites (N-methyl/N-ethyl adjacent to an activating group) is 1. The summed E-state index contributed by atoms with van der Waals surface area (Å²) in [5.41, 5.74) is -0.254. The fourth-order valence-corrected chi connectivity index (χ4v) is 2.28. The number of hydrogen-bond acceptors (Lipinski definition) is 5. The van der Waals surface area contributed by atoms with Gasteiger partial charge in [0.2, 0.25) is 0 Å². The second-order valence-corrected chi connectivity index (χ2v) is 5.48. The van der Waals surface area contributed by atoms with Gasteiger partial charge in [0.25, 0.3) is 0 Å². The molecule has 7 heteroatoms. The van der Waals surface area contributed by atoms with E-state index in [1.807, 2.05) is 14.0 Å². The first-order valence-electron chi connectivity index (χ1n) is 5.25. The Hall–Kier alpha value is -0.210. The van der Waals surface area contributed by atoms with E-state index in [2.05, 4.69) is 9.08 Å². The van der Waals surface area contributed by atoms with Crippen LogP contribution < -0.4 is 0 Å². The monoisotopic (exact) mass is 253 g/mol. The molecule has 6 nitrogen and oxygen atoms in total. The summed E-state index contributed by atoms with van der Waals surface area (Å²) in [4.78, 5) is 2.17. The number of piperidine rings is 1. The van der Waals surface area contributed by atoms with Crippen molar-refractivity contribution in [3.63, 3.8) is 0 Å². The fraction of sp³-hybridized carbons (Fsp3) is 1.00. The molecule has 0 aromatic heterocycles. The normalized spacial score (nSPS) is 28.2. The van der Waals surface area contributed by atoms with Crippen molar-refractivity contribution in [3.8, 4) is 0 Å². The lowest BCUT2D eigenvalue weighted by atomic mass is 9.95. The minimum Gasteiger partial charge on any atom is -0.372 e. The second-order valence-electron chi connectivity index (χ2n) is 4.39. The minimum atomic E-state index is -4.35. The lowest BCUT2D eigenvalue weighted by Crippen LogP contribution is -2.46. The number of nitrogens with zero attached hydrogens (tertiary/aromatic N) is 1. The molecule has 96 valence electrons. The van der Waals surface area contributed by atoms with Crippen molar-refractivity contribution in [2.24, 2.45) is 0 Å². The van der Waals surface area contributed by atoms with Gasteiger partial charge in [0, 0.05) is 6.54 Å². The Bertz CT molecular complexity index is 318. The molecule has 0 saturated carbocycles. The SMILES string of the molecule is CN1CCC[C@](C)(OCCOS(=O)(=O)O)C1. The van der Waals surface area contributed by atoms with E-state index < -0.39 is 10.4 Å². The Labute approximate surface area is 96.5 Å². The molecule has 1 heterocycles. The predicted molar refractivity (Wildman–Crippen MR) is 58.6 cm³/mol. The van der Waals surface area contributed by atoms with Crippen LogP contribution in [0.25, 0.3) is 0 Å². The van der Waals surface area contributed by atoms with Gasteiger partial charge in [0.05, 0.1) is 18.8 Å². The summed E-state index contributed by atoms with van der Waals surface area (Å²) in [6.07, 6.45) is 2.01. The van der Waals surface area contributed by atoms with Crippen LogP contribution in [-0.4, -0.2) is 56.8 Å². The van der Waals surface area contributed by atoms with Crippen LogP contribution in [-0.2, 0) is 19.3 Å². The average Bonchev–Trinajstić information content (AvgIpc) is 2.11. The van der Waals surface area contributed by atoms with Crippen molar-refractivity contribution < 1.29 is 21.9 Å². The van der Waals surface area contributed by atoms with Gasteiger partial charge >= 0.3 is 10.4 Å². The molecule has 1 saturated heterocycles. The van der Waals surface area contributed by atoms with Crippen LogP contribution in [0, 0.1) is 0 Å². The van der Waals surface area contributed by atoms with Crippen LogP contribution in [0.3, 0.4) is 0 Å². The number of hydrogen-bond donors (Lipinski definition) is 1. The van der Waals surface area contributed by atoms with E-state index >= 15 is 0 Å². The molecule has 0 spiro atoms. The van der Waals surface area contributed by atoms with Gasteiger partial charge < -0.3 is 9.64 Å². The summed E-state index contributed by atoms with van der Waals surface area (Å²) >= 11 is 0. The smallest absolute Gasteiger partial charge is 0.372 e. The molecule has 0 aromatic rings. The molecule has 1 aliphatic heterocycles. The quantitative estimate of drug-likeness (QED) is 0.561. The molecule has 16 heavy (non-hydrogen) atoms. The van der Waals surface area contributed by atoms with Crippen LogP contribution in [0.4, 0.5) is 0 Å². The van der Waals surface area contributed by atoms with Gasteiger partial charge in [-0.15, -0.1) is 0 Å². The standard InChI is InChI=1S/C9H19NO5S/c1-9(4-3-5-10(2)8-9)14-6-7-15-16(11,12)13/h3-8H2,1-2H3,(H,11,12,13)/t9-/m0/s1. The average molecular weight is 253 g/mol. The van der Waals surface area contributed by atoms with E-state index in [1.54, 1.807) is 0 Å². The lowest BCUT2D eigenvalue weighted by Gasteiger charge is -2.38. The molecule has 1 N–H and O–H groups in total. The lowest BCUT2D eigenvalue weighted by molar-refractivity contribution is -0.0799. The summed E-state index contributed by atoms with van der Waals surface area (Å²) in [5.74, 6) is 0. The Morgan fingerprint density at radius 3 is 2.69 bits per heavy atom. The largest absolute Gasteiger partial charge is 0.397 e. The zero-order valence-electron chi connectivity index (χ0n) is 9.68. The summed E-state index contributed by atoms with van der Waals surface area (Å²) in [5, 5.41) is 0. The van der Waals surface area contributed by atoms with Gasteiger partial charge in [0.15, 0.2) is 0 Å². The molecule has 0 radical (unpaired) electrons. The summed E-state index contributed by atoms with van der Waals surface area (Å²) in [7, 11) is -2.32. The van der Waals surface area contributed by atoms with Crippen LogP contribution in [0.2, 0.25) is 0 Å². The highest BCUT2D eigenvalue weighted by molar-refractivity contribution is 7.80. The zero-order chi connectivity index (χ0) is 12.2. The van der Waals surface area contributed by atoms with E-state index in [0.717, 1.165) is 25.9 Å². The zero-order valence-corrected chi connectivity index (χ0v) is 10.5. The Morgan fingerprint density at radius 1 is 1.44 bits per heavy atom. The van der Waals surface area contributed by atoms with E-state index in [-0.39, 0.29) is 18.8 Å². The highest BCUT2D eigenvalue weighted by Crippen LogP contribution is 2.23. The van der Waals surface area contributed by atoms with Crippen LogP contribution in [0.5, 0.6) is 0 Å². The Morgan fingerprint density at radius 2 is 2.12 bits per heavy atom. The number of rotatable bonds is 5. The van der Waals surface area contributed by atoms with Crippen LogP contribution >= 0.6 is 0 Å². The van der Waals surface area contributed by atoms with Crippen LogP contribution in [0.15, 0.2) is 0 Å². The fourth-order valence-electron chi connectivity index (χ4n) is 2.00. The third-order valence-corrected chi connectivity index (χ3v) is 3.08. The van der Waals surface area contributed by atoms with Crippen molar-refractivity contribution in [1.82, 2.24) is 4.90 Å².